The van der Waals surface area contributed by atoms with Crippen LogP contribution in [0.4, 0.5) is 0 Å². The molecule has 0 aliphatic heterocycles. The molecule has 262 valence electrons. The first-order valence-electron chi connectivity index (χ1n) is 17.4. The van der Waals surface area contributed by atoms with Crippen LogP contribution in [0.25, 0.3) is 0 Å². The topological polar surface area (TPSA) is 172 Å². The molecule has 45 heavy (non-hydrogen) atoms. The van der Waals surface area contributed by atoms with Crippen LogP contribution in [0.1, 0.15) is 110 Å². The summed E-state index contributed by atoms with van der Waals surface area (Å²) in [5.41, 5.74) is 11.1. The lowest BCUT2D eigenvalue weighted by Crippen LogP contribution is -2.49. The first-order chi connectivity index (χ1) is 21.9. The number of nitrogens with two attached hydrogens (primary N) is 2. The minimum Gasteiger partial charge on any atom is -0.355 e. The lowest BCUT2D eigenvalue weighted by molar-refractivity contribution is -0.128. The Hall–Kier alpha value is -2.15. The SMILES string of the molecule is CCCCCCCC/C=C\CCCCCCCC(=O)NC(CS)C(=O)NCCNC(=O)CCN(CCN)CCC(=O)NCCN. The van der Waals surface area contributed by atoms with Crippen LogP contribution in [-0.4, -0.2) is 92.7 Å². The molecule has 0 fully saturated rings. The minimum absolute atomic E-state index is 0.0820. The Morgan fingerprint density at radius 2 is 1.18 bits per heavy atom. The van der Waals surface area contributed by atoms with E-state index in [4.69, 9.17) is 11.5 Å². The van der Waals surface area contributed by atoms with Crippen molar-refractivity contribution in [2.75, 3.05) is 58.1 Å². The van der Waals surface area contributed by atoms with Gasteiger partial charge in [-0.25, -0.2) is 0 Å². The maximum absolute atomic E-state index is 12.5. The van der Waals surface area contributed by atoms with Crippen molar-refractivity contribution < 1.29 is 19.2 Å². The van der Waals surface area contributed by atoms with Crippen molar-refractivity contribution in [2.24, 2.45) is 11.5 Å². The van der Waals surface area contributed by atoms with Gasteiger partial charge in [0.25, 0.3) is 0 Å². The van der Waals surface area contributed by atoms with E-state index < -0.39 is 6.04 Å². The van der Waals surface area contributed by atoms with E-state index in [-0.39, 0.29) is 48.9 Å². The highest BCUT2D eigenvalue weighted by Gasteiger charge is 2.18. The highest BCUT2D eigenvalue weighted by atomic mass is 32.1. The van der Waals surface area contributed by atoms with Gasteiger partial charge in [0.1, 0.15) is 6.04 Å². The number of thiol groups is 1. The highest BCUT2D eigenvalue weighted by Crippen LogP contribution is 2.10. The Balaban J connectivity index is 3.94. The third-order valence-corrected chi connectivity index (χ3v) is 7.83. The second kappa shape index (κ2) is 31.8. The monoisotopic (exact) mass is 655 g/mol. The quantitative estimate of drug-likeness (QED) is 0.0342. The number of rotatable bonds is 31. The molecule has 0 saturated heterocycles. The minimum atomic E-state index is -0.716. The largest absolute Gasteiger partial charge is 0.355 e. The van der Waals surface area contributed by atoms with Gasteiger partial charge in [-0.05, 0) is 32.1 Å². The van der Waals surface area contributed by atoms with Crippen molar-refractivity contribution in [1.29, 1.82) is 0 Å². The molecular weight excluding hydrogens is 590 g/mol. The smallest absolute Gasteiger partial charge is 0.243 e. The zero-order valence-corrected chi connectivity index (χ0v) is 29.0. The Morgan fingerprint density at radius 1 is 0.644 bits per heavy atom. The number of nitrogens with zero attached hydrogens (tertiary/aromatic N) is 1. The van der Waals surface area contributed by atoms with Gasteiger partial charge in [0, 0.05) is 77.4 Å². The zero-order valence-electron chi connectivity index (χ0n) is 28.1. The Bertz CT molecular complexity index is 801. The van der Waals surface area contributed by atoms with E-state index in [1.54, 1.807) is 0 Å². The second-order valence-corrected chi connectivity index (χ2v) is 11.9. The van der Waals surface area contributed by atoms with E-state index in [2.05, 4.69) is 53.0 Å². The number of carbonyl (C=O) groups is 4. The van der Waals surface area contributed by atoms with Crippen molar-refractivity contribution in [3.8, 4) is 0 Å². The van der Waals surface area contributed by atoms with E-state index >= 15 is 0 Å². The van der Waals surface area contributed by atoms with Crippen LogP contribution >= 0.6 is 12.6 Å². The summed E-state index contributed by atoms with van der Waals surface area (Å²) in [4.78, 5) is 50.8. The van der Waals surface area contributed by atoms with Gasteiger partial charge in [0.15, 0.2) is 0 Å². The third-order valence-electron chi connectivity index (χ3n) is 7.47. The van der Waals surface area contributed by atoms with Gasteiger partial charge in [-0.1, -0.05) is 70.4 Å². The molecule has 0 radical (unpaired) electrons. The van der Waals surface area contributed by atoms with Gasteiger partial charge in [-0.3, -0.25) is 19.2 Å². The number of nitrogens with one attached hydrogen (secondary N) is 4. The fourth-order valence-electron chi connectivity index (χ4n) is 4.75. The second-order valence-electron chi connectivity index (χ2n) is 11.5. The fraction of sp³-hybridized carbons (Fsp3) is 0.818. The molecule has 8 N–H and O–H groups in total. The predicted molar refractivity (Wildman–Crippen MR) is 188 cm³/mol. The third kappa shape index (κ3) is 27.8. The number of unbranched alkanes of at least 4 members (excludes halogenated alkanes) is 11. The van der Waals surface area contributed by atoms with Gasteiger partial charge < -0.3 is 37.6 Å². The van der Waals surface area contributed by atoms with E-state index in [1.165, 1.54) is 57.8 Å². The summed E-state index contributed by atoms with van der Waals surface area (Å²) < 4.78 is 0. The summed E-state index contributed by atoms with van der Waals surface area (Å²) in [6.07, 6.45) is 21.2. The molecule has 4 amide bonds. The number of allylic oxidation sites excluding steroid dienone is 2. The molecule has 0 rings (SSSR count). The molecule has 0 spiro atoms. The maximum atomic E-state index is 12.5. The summed E-state index contributed by atoms with van der Waals surface area (Å²) >= 11 is 4.22. The molecule has 0 aromatic heterocycles. The lowest BCUT2D eigenvalue weighted by Gasteiger charge is -2.21. The van der Waals surface area contributed by atoms with Gasteiger partial charge in [-0.2, -0.15) is 12.6 Å². The normalized spacial score (nSPS) is 11.9. The molecule has 1 atom stereocenters. The first kappa shape index (κ1) is 42.9. The van der Waals surface area contributed by atoms with E-state index in [1.807, 2.05) is 4.90 Å². The number of carbonyl (C=O) groups excluding carboxylic acids is 4. The van der Waals surface area contributed by atoms with Gasteiger partial charge in [0.2, 0.25) is 23.6 Å². The van der Waals surface area contributed by atoms with Crippen LogP contribution < -0.4 is 32.7 Å². The number of hydrogen-bond donors (Lipinski definition) is 7. The summed E-state index contributed by atoms with van der Waals surface area (Å²) in [6, 6.07) is -0.716. The van der Waals surface area contributed by atoms with Crippen LogP contribution in [-0.2, 0) is 19.2 Å². The average Bonchev–Trinajstić information content (AvgIpc) is 3.03. The molecule has 1 unspecified atom stereocenters. The zero-order chi connectivity index (χ0) is 33.4. The molecule has 0 aliphatic rings. The summed E-state index contributed by atoms with van der Waals surface area (Å²) in [6.45, 7) is 5.58. The molecule has 0 saturated carbocycles. The summed E-state index contributed by atoms with van der Waals surface area (Å²) in [7, 11) is 0. The number of hydrogen-bond acceptors (Lipinski definition) is 8. The Kier molecular flexibility index (Phi) is 30.3. The molecule has 0 aromatic rings. The van der Waals surface area contributed by atoms with Crippen molar-refractivity contribution in [3.63, 3.8) is 0 Å². The van der Waals surface area contributed by atoms with Crippen molar-refractivity contribution >= 4 is 36.3 Å². The van der Waals surface area contributed by atoms with Crippen LogP contribution in [0.2, 0.25) is 0 Å². The van der Waals surface area contributed by atoms with Crippen molar-refractivity contribution in [3.05, 3.63) is 12.2 Å². The van der Waals surface area contributed by atoms with Crippen LogP contribution in [0, 0.1) is 0 Å². The van der Waals surface area contributed by atoms with Crippen LogP contribution in [0.5, 0.6) is 0 Å². The fourth-order valence-corrected chi connectivity index (χ4v) is 5.01. The van der Waals surface area contributed by atoms with Crippen molar-refractivity contribution in [2.45, 2.75) is 116 Å². The Morgan fingerprint density at radius 3 is 1.73 bits per heavy atom. The average molecular weight is 656 g/mol. The molecule has 0 bridgehead atoms. The van der Waals surface area contributed by atoms with Crippen molar-refractivity contribution in [1.82, 2.24) is 26.2 Å². The summed E-state index contributed by atoms with van der Waals surface area (Å²) in [5, 5.41) is 11.0. The highest BCUT2D eigenvalue weighted by molar-refractivity contribution is 7.80. The van der Waals surface area contributed by atoms with Gasteiger partial charge >= 0.3 is 0 Å². The van der Waals surface area contributed by atoms with Gasteiger partial charge in [-0.15, -0.1) is 0 Å². The molecular formula is C33H65N7O4S. The van der Waals surface area contributed by atoms with Crippen LogP contribution in [0.3, 0.4) is 0 Å². The predicted octanol–water partition coefficient (Wildman–Crippen LogP) is 2.79. The standard InChI is InChI=1S/C33H65N7O4S/c1-2-3-4-5-6-7-8-9-10-11-12-13-14-15-16-17-32(43)39-29(28-45)33(44)38-24-23-37-31(42)19-26-40(27-21-35)25-18-30(41)36-22-20-34/h9-10,29,45H,2-8,11-28,34-35H2,1H3,(H,36,41)(H,37,42)(H,38,44)(H,39,43)/b10-9-. The van der Waals surface area contributed by atoms with E-state index in [0.29, 0.717) is 52.1 Å². The van der Waals surface area contributed by atoms with Gasteiger partial charge in [0.05, 0.1) is 0 Å². The Labute approximate surface area is 278 Å². The maximum Gasteiger partial charge on any atom is 0.243 e. The molecule has 12 heteroatoms. The lowest BCUT2D eigenvalue weighted by atomic mass is 10.1. The molecule has 0 aromatic carbocycles. The molecule has 0 aliphatic carbocycles. The molecule has 11 nitrogen and oxygen atoms in total. The summed E-state index contributed by atoms with van der Waals surface area (Å²) in [5.74, 6) is -0.509. The molecule has 0 heterocycles. The van der Waals surface area contributed by atoms with E-state index in [0.717, 1.165) is 25.7 Å². The number of amides is 4. The first-order valence-corrected chi connectivity index (χ1v) is 18.0. The van der Waals surface area contributed by atoms with Crippen LogP contribution in [0.15, 0.2) is 12.2 Å². The van der Waals surface area contributed by atoms with E-state index in [9.17, 15) is 19.2 Å².